The van der Waals surface area contributed by atoms with Crippen LogP contribution in [0.3, 0.4) is 0 Å². The highest BCUT2D eigenvalue weighted by atomic mass is 16.5. The second-order valence-corrected chi connectivity index (χ2v) is 5.07. The summed E-state index contributed by atoms with van der Waals surface area (Å²) in [4.78, 5) is 11.5. The van der Waals surface area contributed by atoms with E-state index >= 15 is 0 Å². The minimum atomic E-state index is -0.0899. The van der Waals surface area contributed by atoms with E-state index in [4.69, 9.17) is 4.74 Å². The third kappa shape index (κ3) is 5.21. The number of rotatable bonds is 7. The summed E-state index contributed by atoms with van der Waals surface area (Å²) in [5, 5.41) is 6.96. The van der Waals surface area contributed by atoms with E-state index in [1.807, 2.05) is 13.8 Å². The van der Waals surface area contributed by atoms with Gasteiger partial charge in [-0.15, -0.1) is 0 Å². The maximum absolute atomic E-state index is 11.5. The van der Waals surface area contributed by atoms with Gasteiger partial charge in [-0.3, -0.25) is 9.48 Å². The Morgan fingerprint density at radius 2 is 2.17 bits per heavy atom. The quantitative estimate of drug-likeness (QED) is 0.808. The van der Waals surface area contributed by atoms with E-state index in [0.717, 1.165) is 6.42 Å². The number of carbonyl (C=O) groups is 1. The van der Waals surface area contributed by atoms with Crippen molar-refractivity contribution in [2.24, 2.45) is 5.92 Å². The molecule has 1 aromatic rings. The van der Waals surface area contributed by atoms with Gasteiger partial charge < -0.3 is 10.1 Å². The molecule has 0 aliphatic heterocycles. The van der Waals surface area contributed by atoms with Crippen molar-refractivity contribution < 1.29 is 9.53 Å². The van der Waals surface area contributed by atoms with E-state index in [0.29, 0.717) is 24.3 Å². The van der Waals surface area contributed by atoms with Gasteiger partial charge in [0.2, 0.25) is 0 Å². The maximum atomic E-state index is 11.5. The first-order chi connectivity index (χ1) is 8.49. The van der Waals surface area contributed by atoms with Crippen molar-refractivity contribution in [1.82, 2.24) is 15.1 Å². The summed E-state index contributed by atoms with van der Waals surface area (Å²) in [5.74, 6) is 1.13. The summed E-state index contributed by atoms with van der Waals surface area (Å²) in [7, 11) is 0. The number of hydrogen-bond acceptors (Lipinski definition) is 3. The number of carbonyl (C=O) groups excluding carboxylic acids is 1. The smallest absolute Gasteiger partial charge is 0.257 e. The summed E-state index contributed by atoms with van der Waals surface area (Å²) >= 11 is 0. The lowest BCUT2D eigenvalue weighted by Gasteiger charge is -2.07. The van der Waals surface area contributed by atoms with Crippen molar-refractivity contribution in [2.75, 3.05) is 13.2 Å². The Labute approximate surface area is 109 Å². The monoisotopic (exact) mass is 253 g/mol. The number of nitrogens with zero attached hydrogens (tertiary/aromatic N) is 2. The lowest BCUT2D eigenvalue weighted by atomic mass is 10.1. The fraction of sp³-hybridized carbons (Fsp3) is 0.692. The SMILES string of the molecule is CC(C)CCNC(=O)COc1cnn(C(C)C)c1. The average Bonchev–Trinajstić information content (AvgIpc) is 2.74. The predicted molar refractivity (Wildman–Crippen MR) is 70.6 cm³/mol. The van der Waals surface area contributed by atoms with Crippen LogP contribution in [0.4, 0.5) is 0 Å². The first-order valence-electron chi connectivity index (χ1n) is 6.42. The molecule has 5 nitrogen and oxygen atoms in total. The van der Waals surface area contributed by atoms with E-state index < -0.39 is 0 Å². The molecule has 0 saturated carbocycles. The molecule has 18 heavy (non-hydrogen) atoms. The topological polar surface area (TPSA) is 56.1 Å². The molecule has 0 fully saturated rings. The Balaban J connectivity index is 2.25. The van der Waals surface area contributed by atoms with Crippen LogP contribution in [0.15, 0.2) is 12.4 Å². The second kappa shape index (κ2) is 7.03. The van der Waals surface area contributed by atoms with Gasteiger partial charge in [0.15, 0.2) is 12.4 Å². The zero-order chi connectivity index (χ0) is 13.5. The predicted octanol–water partition coefficient (Wildman–Crippen LogP) is 2.01. The van der Waals surface area contributed by atoms with Crippen molar-refractivity contribution in [1.29, 1.82) is 0 Å². The Kier molecular flexibility index (Phi) is 5.68. The highest BCUT2D eigenvalue weighted by molar-refractivity contribution is 5.77. The zero-order valence-corrected chi connectivity index (χ0v) is 11.6. The standard InChI is InChI=1S/C13H23N3O2/c1-10(2)5-6-14-13(17)9-18-12-7-15-16(8-12)11(3)4/h7-8,10-11H,5-6,9H2,1-4H3,(H,14,17). The van der Waals surface area contributed by atoms with Crippen molar-refractivity contribution in [3.63, 3.8) is 0 Å². The average molecular weight is 253 g/mol. The lowest BCUT2D eigenvalue weighted by molar-refractivity contribution is -0.123. The van der Waals surface area contributed by atoms with E-state index in [-0.39, 0.29) is 12.5 Å². The summed E-state index contributed by atoms with van der Waals surface area (Å²) in [5.41, 5.74) is 0. The molecule has 0 aliphatic rings. The molecule has 1 aromatic heterocycles. The van der Waals surface area contributed by atoms with Crippen molar-refractivity contribution in [3.05, 3.63) is 12.4 Å². The van der Waals surface area contributed by atoms with Crippen LogP contribution in [0.2, 0.25) is 0 Å². The molecule has 1 N–H and O–H groups in total. The van der Waals surface area contributed by atoms with Crippen molar-refractivity contribution in [3.8, 4) is 5.75 Å². The van der Waals surface area contributed by atoms with Crippen LogP contribution < -0.4 is 10.1 Å². The molecular formula is C13H23N3O2. The van der Waals surface area contributed by atoms with Gasteiger partial charge >= 0.3 is 0 Å². The highest BCUT2D eigenvalue weighted by Gasteiger charge is 2.06. The number of aromatic nitrogens is 2. The van der Waals surface area contributed by atoms with E-state index in [9.17, 15) is 4.79 Å². The summed E-state index contributed by atoms with van der Waals surface area (Å²) < 4.78 is 7.16. The molecule has 0 bridgehead atoms. The van der Waals surface area contributed by atoms with Gasteiger partial charge in [0.25, 0.3) is 5.91 Å². The molecule has 1 heterocycles. The van der Waals surface area contributed by atoms with Crippen LogP contribution in [0, 0.1) is 5.92 Å². The number of ether oxygens (including phenoxy) is 1. The largest absolute Gasteiger partial charge is 0.480 e. The first-order valence-corrected chi connectivity index (χ1v) is 6.42. The van der Waals surface area contributed by atoms with Crippen LogP contribution in [0.25, 0.3) is 0 Å². The summed E-state index contributed by atoms with van der Waals surface area (Å²) in [6.45, 7) is 9.07. The molecule has 5 heteroatoms. The Morgan fingerprint density at radius 1 is 1.44 bits per heavy atom. The minimum absolute atomic E-state index is 0.0435. The molecule has 102 valence electrons. The zero-order valence-electron chi connectivity index (χ0n) is 11.6. The Morgan fingerprint density at radius 3 is 2.72 bits per heavy atom. The lowest BCUT2D eigenvalue weighted by Crippen LogP contribution is -2.30. The van der Waals surface area contributed by atoms with Gasteiger partial charge in [0.1, 0.15) is 0 Å². The third-order valence-electron chi connectivity index (χ3n) is 2.52. The number of nitrogens with one attached hydrogen (secondary N) is 1. The number of hydrogen-bond donors (Lipinski definition) is 1. The van der Waals surface area contributed by atoms with E-state index in [1.165, 1.54) is 0 Å². The van der Waals surface area contributed by atoms with Crippen molar-refractivity contribution in [2.45, 2.75) is 40.2 Å². The van der Waals surface area contributed by atoms with E-state index in [2.05, 4.69) is 24.3 Å². The van der Waals surface area contributed by atoms with Gasteiger partial charge in [-0.1, -0.05) is 13.8 Å². The number of amides is 1. The Hall–Kier alpha value is -1.52. The molecule has 1 rings (SSSR count). The molecule has 0 saturated heterocycles. The van der Waals surface area contributed by atoms with Gasteiger partial charge in [0.05, 0.1) is 12.4 Å². The van der Waals surface area contributed by atoms with Crippen LogP contribution in [0.1, 0.15) is 40.2 Å². The van der Waals surface area contributed by atoms with Gasteiger partial charge in [-0.05, 0) is 26.2 Å². The summed E-state index contributed by atoms with van der Waals surface area (Å²) in [6, 6.07) is 0.294. The van der Waals surface area contributed by atoms with Crippen molar-refractivity contribution >= 4 is 5.91 Å². The van der Waals surface area contributed by atoms with Gasteiger partial charge in [-0.2, -0.15) is 5.10 Å². The molecule has 0 aliphatic carbocycles. The molecule has 1 amide bonds. The van der Waals surface area contributed by atoms with Crippen LogP contribution in [-0.4, -0.2) is 28.8 Å². The first kappa shape index (κ1) is 14.5. The Bertz CT molecular complexity index is 372. The fourth-order valence-corrected chi connectivity index (χ4v) is 1.38. The molecular weight excluding hydrogens is 230 g/mol. The van der Waals surface area contributed by atoms with Crippen LogP contribution in [-0.2, 0) is 4.79 Å². The van der Waals surface area contributed by atoms with Gasteiger partial charge in [0, 0.05) is 12.6 Å². The van der Waals surface area contributed by atoms with Gasteiger partial charge in [-0.25, -0.2) is 0 Å². The molecule has 0 aromatic carbocycles. The molecule has 0 unspecified atom stereocenters. The molecule has 0 spiro atoms. The normalized spacial score (nSPS) is 11.0. The third-order valence-corrected chi connectivity index (χ3v) is 2.52. The van der Waals surface area contributed by atoms with Crippen LogP contribution in [0.5, 0.6) is 5.75 Å². The highest BCUT2D eigenvalue weighted by Crippen LogP contribution is 2.11. The van der Waals surface area contributed by atoms with Crippen LogP contribution >= 0.6 is 0 Å². The fourth-order valence-electron chi connectivity index (χ4n) is 1.38. The second-order valence-electron chi connectivity index (χ2n) is 5.07. The summed E-state index contributed by atoms with van der Waals surface area (Å²) in [6.07, 6.45) is 4.41. The molecule has 0 radical (unpaired) electrons. The molecule has 0 atom stereocenters. The van der Waals surface area contributed by atoms with E-state index in [1.54, 1.807) is 17.1 Å². The maximum Gasteiger partial charge on any atom is 0.257 e. The minimum Gasteiger partial charge on any atom is -0.480 e.